The van der Waals surface area contributed by atoms with Crippen LogP contribution in [0, 0.1) is 0 Å². The maximum Gasteiger partial charge on any atom is 0.225 e. The standard InChI is InChI=1S/C24H30N6/c1-3-9-18(10-4-1)15-26-24-27-16-21-23(29-24)30(20-13-7-8-14-20)22(17-25-21)28-19-11-5-2-6-12-19/h1,3-5,9-12,16,20,22,25,28H,2,6-8,13-15,17H2,(H,26,27,29). The second-order valence-electron chi connectivity index (χ2n) is 8.30. The van der Waals surface area contributed by atoms with Gasteiger partial charge in [0, 0.05) is 18.3 Å². The summed E-state index contributed by atoms with van der Waals surface area (Å²) >= 11 is 0. The summed E-state index contributed by atoms with van der Waals surface area (Å²) in [6.45, 7) is 1.56. The zero-order valence-electron chi connectivity index (χ0n) is 17.3. The number of aromatic nitrogens is 2. The Bertz CT molecular complexity index is 917. The minimum Gasteiger partial charge on any atom is -0.377 e. The first-order valence-electron chi connectivity index (χ1n) is 11.2. The first-order valence-corrected chi connectivity index (χ1v) is 11.2. The van der Waals surface area contributed by atoms with Crippen LogP contribution >= 0.6 is 0 Å². The summed E-state index contributed by atoms with van der Waals surface area (Å²) in [5.41, 5.74) is 3.47. The molecular weight excluding hydrogens is 372 g/mol. The number of nitrogens with zero attached hydrogens (tertiary/aromatic N) is 3. The molecule has 0 bridgehead atoms. The summed E-state index contributed by atoms with van der Waals surface area (Å²) < 4.78 is 0. The lowest BCUT2D eigenvalue weighted by molar-refractivity contribution is 0.467. The molecule has 2 heterocycles. The van der Waals surface area contributed by atoms with E-state index >= 15 is 0 Å². The zero-order valence-corrected chi connectivity index (χ0v) is 17.3. The molecule has 3 aliphatic rings. The molecular formula is C24H30N6. The Balaban J connectivity index is 1.39. The second-order valence-corrected chi connectivity index (χ2v) is 8.30. The van der Waals surface area contributed by atoms with E-state index in [1.807, 2.05) is 12.3 Å². The fraction of sp³-hybridized carbons (Fsp3) is 0.417. The average Bonchev–Trinajstić information content (AvgIpc) is 3.33. The Morgan fingerprint density at radius 3 is 2.77 bits per heavy atom. The van der Waals surface area contributed by atoms with Gasteiger partial charge in [-0.2, -0.15) is 4.98 Å². The van der Waals surface area contributed by atoms with Crippen LogP contribution in [-0.2, 0) is 6.54 Å². The van der Waals surface area contributed by atoms with E-state index in [-0.39, 0.29) is 6.17 Å². The van der Waals surface area contributed by atoms with Gasteiger partial charge in [0.1, 0.15) is 6.17 Å². The smallest absolute Gasteiger partial charge is 0.225 e. The van der Waals surface area contributed by atoms with Crippen LogP contribution in [0.1, 0.15) is 44.1 Å². The third kappa shape index (κ3) is 4.13. The second kappa shape index (κ2) is 8.78. The number of nitrogens with one attached hydrogen (secondary N) is 3. The molecule has 5 rings (SSSR count). The van der Waals surface area contributed by atoms with Gasteiger partial charge in [0.25, 0.3) is 0 Å². The highest BCUT2D eigenvalue weighted by Crippen LogP contribution is 2.36. The van der Waals surface area contributed by atoms with Crippen molar-refractivity contribution in [2.75, 3.05) is 22.1 Å². The van der Waals surface area contributed by atoms with Crippen molar-refractivity contribution < 1.29 is 0 Å². The number of rotatable bonds is 6. The van der Waals surface area contributed by atoms with E-state index in [0.717, 1.165) is 37.4 Å². The van der Waals surface area contributed by atoms with Crippen LogP contribution in [0.4, 0.5) is 17.5 Å². The number of fused-ring (bicyclic) bond motifs is 1. The highest BCUT2D eigenvalue weighted by molar-refractivity contribution is 5.69. The third-order valence-electron chi connectivity index (χ3n) is 6.17. The predicted octanol–water partition coefficient (Wildman–Crippen LogP) is 4.41. The van der Waals surface area contributed by atoms with Gasteiger partial charge in [-0.05, 0) is 37.3 Å². The molecule has 1 saturated carbocycles. The molecule has 0 amide bonds. The lowest BCUT2D eigenvalue weighted by Crippen LogP contribution is -2.56. The Hall–Kier alpha value is -3.02. The molecule has 2 aliphatic carbocycles. The minimum atomic E-state index is 0.187. The maximum atomic E-state index is 4.96. The predicted molar refractivity (Wildman–Crippen MR) is 122 cm³/mol. The fourth-order valence-corrected chi connectivity index (χ4v) is 4.65. The number of hydrogen-bond donors (Lipinski definition) is 3. The fourth-order valence-electron chi connectivity index (χ4n) is 4.65. The molecule has 1 aromatic carbocycles. The molecule has 0 spiro atoms. The van der Waals surface area contributed by atoms with Gasteiger partial charge in [-0.25, -0.2) is 4.98 Å². The summed E-state index contributed by atoms with van der Waals surface area (Å²) in [6, 6.07) is 10.9. The topological polar surface area (TPSA) is 65.1 Å². The molecule has 0 saturated heterocycles. The summed E-state index contributed by atoms with van der Waals surface area (Å²) in [4.78, 5) is 12.0. The third-order valence-corrected chi connectivity index (χ3v) is 6.17. The van der Waals surface area contributed by atoms with Crippen molar-refractivity contribution in [3.63, 3.8) is 0 Å². The molecule has 6 heteroatoms. The van der Waals surface area contributed by atoms with Crippen molar-refractivity contribution >= 4 is 17.5 Å². The van der Waals surface area contributed by atoms with Crippen molar-refractivity contribution in [1.82, 2.24) is 15.3 Å². The van der Waals surface area contributed by atoms with Crippen LogP contribution in [0.5, 0.6) is 0 Å². The SMILES string of the molecule is C1=CC(NC2CNc3cnc(NCc4ccccc4)nc3N2C2CCCC2)=CCC1. The molecule has 156 valence electrons. The van der Waals surface area contributed by atoms with Crippen LogP contribution in [0.25, 0.3) is 0 Å². The van der Waals surface area contributed by atoms with Crippen LogP contribution < -0.4 is 20.9 Å². The van der Waals surface area contributed by atoms with Crippen molar-refractivity contribution in [1.29, 1.82) is 0 Å². The molecule has 6 nitrogen and oxygen atoms in total. The Kier molecular flexibility index (Phi) is 5.55. The van der Waals surface area contributed by atoms with Crippen LogP contribution in [0.3, 0.4) is 0 Å². The Labute approximate surface area is 178 Å². The van der Waals surface area contributed by atoms with Gasteiger partial charge in [0.05, 0.1) is 18.4 Å². The number of hydrogen-bond acceptors (Lipinski definition) is 6. The van der Waals surface area contributed by atoms with Crippen LogP contribution in [0.2, 0.25) is 0 Å². The van der Waals surface area contributed by atoms with Gasteiger partial charge >= 0.3 is 0 Å². The monoisotopic (exact) mass is 402 g/mol. The number of allylic oxidation sites excluding steroid dienone is 3. The van der Waals surface area contributed by atoms with E-state index in [9.17, 15) is 0 Å². The molecule has 1 unspecified atom stereocenters. The van der Waals surface area contributed by atoms with Gasteiger partial charge in [-0.1, -0.05) is 55.3 Å². The van der Waals surface area contributed by atoms with E-state index < -0.39 is 0 Å². The number of anilines is 3. The molecule has 1 fully saturated rings. The zero-order chi connectivity index (χ0) is 20.2. The Morgan fingerprint density at radius 1 is 1.10 bits per heavy atom. The first kappa shape index (κ1) is 19.0. The van der Waals surface area contributed by atoms with Crippen molar-refractivity contribution in [3.8, 4) is 0 Å². The van der Waals surface area contributed by atoms with Crippen LogP contribution in [-0.4, -0.2) is 28.7 Å². The van der Waals surface area contributed by atoms with Crippen molar-refractivity contribution in [2.45, 2.75) is 57.3 Å². The van der Waals surface area contributed by atoms with E-state index in [4.69, 9.17) is 4.98 Å². The van der Waals surface area contributed by atoms with Crippen LogP contribution in [0.15, 0.2) is 60.5 Å². The lowest BCUT2D eigenvalue weighted by Gasteiger charge is -2.43. The highest BCUT2D eigenvalue weighted by Gasteiger charge is 2.35. The quantitative estimate of drug-likeness (QED) is 0.665. The van der Waals surface area contributed by atoms with Gasteiger partial charge in [0.2, 0.25) is 5.95 Å². The van der Waals surface area contributed by atoms with Gasteiger partial charge in [-0.3, -0.25) is 0 Å². The Morgan fingerprint density at radius 2 is 1.97 bits per heavy atom. The van der Waals surface area contributed by atoms with E-state index in [1.54, 1.807) is 0 Å². The lowest BCUT2D eigenvalue weighted by atomic mass is 10.1. The average molecular weight is 403 g/mol. The highest BCUT2D eigenvalue weighted by atomic mass is 15.4. The van der Waals surface area contributed by atoms with E-state index in [1.165, 1.54) is 36.9 Å². The molecule has 1 aromatic heterocycles. The summed E-state index contributed by atoms with van der Waals surface area (Å²) in [7, 11) is 0. The summed E-state index contributed by atoms with van der Waals surface area (Å²) in [5, 5.41) is 10.7. The van der Waals surface area contributed by atoms with E-state index in [2.05, 4.69) is 68.3 Å². The van der Waals surface area contributed by atoms with Gasteiger partial charge in [-0.15, -0.1) is 0 Å². The molecule has 3 N–H and O–H groups in total. The largest absolute Gasteiger partial charge is 0.377 e. The van der Waals surface area contributed by atoms with Gasteiger partial charge in [0.15, 0.2) is 5.82 Å². The molecule has 1 aliphatic heterocycles. The van der Waals surface area contributed by atoms with Crippen molar-refractivity contribution in [3.05, 3.63) is 66.0 Å². The number of benzene rings is 1. The minimum absolute atomic E-state index is 0.187. The van der Waals surface area contributed by atoms with E-state index in [0.29, 0.717) is 12.0 Å². The maximum absolute atomic E-state index is 4.96. The van der Waals surface area contributed by atoms with Crippen molar-refractivity contribution in [2.24, 2.45) is 0 Å². The summed E-state index contributed by atoms with van der Waals surface area (Å²) in [6.07, 6.45) is 16.1. The molecule has 2 aromatic rings. The van der Waals surface area contributed by atoms with Gasteiger partial charge < -0.3 is 20.9 Å². The summed E-state index contributed by atoms with van der Waals surface area (Å²) in [5.74, 6) is 1.69. The molecule has 0 radical (unpaired) electrons. The molecule has 1 atom stereocenters. The normalized spacial score (nSPS) is 21.0. The first-order chi connectivity index (χ1) is 14.9. The molecule has 30 heavy (non-hydrogen) atoms.